The maximum Gasteiger partial charge on any atom is 0.243 e. The second-order valence-electron chi connectivity index (χ2n) is 8.70. The van der Waals surface area contributed by atoms with Crippen molar-refractivity contribution in [3.8, 4) is 0 Å². The van der Waals surface area contributed by atoms with Crippen LogP contribution in [0.2, 0.25) is 10.0 Å². The van der Waals surface area contributed by atoms with Crippen molar-refractivity contribution in [3.05, 3.63) is 105 Å². The summed E-state index contributed by atoms with van der Waals surface area (Å²) in [4.78, 5) is 28.7. The van der Waals surface area contributed by atoms with E-state index in [1.807, 2.05) is 68.4 Å². The third kappa shape index (κ3) is 8.29. The van der Waals surface area contributed by atoms with Gasteiger partial charge in [0.2, 0.25) is 11.8 Å². The highest BCUT2D eigenvalue weighted by molar-refractivity contribution is 7.99. The molecule has 3 aromatic carbocycles. The predicted molar refractivity (Wildman–Crippen MR) is 152 cm³/mol. The molecule has 190 valence electrons. The van der Waals surface area contributed by atoms with Gasteiger partial charge in [-0.25, -0.2) is 0 Å². The monoisotopic (exact) mass is 542 g/mol. The van der Waals surface area contributed by atoms with Crippen LogP contribution in [0.4, 0.5) is 0 Å². The lowest BCUT2D eigenvalue weighted by Crippen LogP contribution is -2.51. The summed E-state index contributed by atoms with van der Waals surface area (Å²) in [6, 6.07) is 22.7. The number of thioether (sulfide) groups is 1. The minimum atomic E-state index is -0.628. The molecule has 0 aliphatic heterocycles. The first-order valence-electron chi connectivity index (χ1n) is 12.1. The molecule has 7 heteroatoms. The summed E-state index contributed by atoms with van der Waals surface area (Å²) in [5, 5.41) is 4.17. The minimum Gasteiger partial charge on any atom is -0.354 e. The largest absolute Gasteiger partial charge is 0.354 e. The molecule has 0 aromatic heterocycles. The summed E-state index contributed by atoms with van der Waals surface area (Å²) in [7, 11) is 0. The number of amides is 2. The van der Waals surface area contributed by atoms with E-state index in [2.05, 4.69) is 5.32 Å². The van der Waals surface area contributed by atoms with Gasteiger partial charge in [0, 0.05) is 35.3 Å². The molecule has 0 aliphatic rings. The van der Waals surface area contributed by atoms with E-state index in [1.165, 1.54) is 11.8 Å². The highest BCUT2D eigenvalue weighted by Gasteiger charge is 2.30. The first-order chi connectivity index (χ1) is 17.4. The van der Waals surface area contributed by atoms with Crippen LogP contribution in [-0.2, 0) is 28.3 Å². The Labute approximate surface area is 228 Å². The summed E-state index contributed by atoms with van der Waals surface area (Å²) in [6.45, 7) is 4.96. The third-order valence-electron chi connectivity index (χ3n) is 5.83. The van der Waals surface area contributed by atoms with Crippen LogP contribution in [0.3, 0.4) is 0 Å². The Morgan fingerprint density at radius 1 is 0.917 bits per heavy atom. The van der Waals surface area contributed by atoms with Gasteiger partial charge in [-0.15, -0.1) is 11.8 Å². The van der Waals surface area contributed by atoms with E-state index >= 15 is 0 Å². The van der Waals surface area contributed by atoms with Gasteiger partial charge in [0.15, 0.2) is 0 Å². The van der Waals surface area contributed by atoms with Crippen molar-refractivity contribution in [3.63, 3.8) is 0 Å². The molecule has 1 N–H and O–H groups in total. The molecule has 4 nitrogen and oxygen atoms in total. The first kappa shape index (κ1) is 28.1. The SMILES string of the molecule is CCCNC(=O)C(Cc1ccccc1)N(Cc1ccc(C)cc1)C(=O)CSCc1c(Cl)cccc1Cl. The highest BCUT2D eigenvalue weighted by Crippen LogP contribution is 2.28. The Morgan fingerprint density at radius 2 is 1.58 bits per heavy atom. The summed E-state index contributed by atoms with van der Waals surface area (Å²) in [5.74, 6) is 0.477. The lowest BCUT2D eigenvalue weighted by molar-refractivity contribution is -0.139. The van der Waals surface area contributed by atoms with E-state index in [0.29, 0.717) is 35.3 Å². The van der Waals surface area contributed by atoms with Crippen LogP contribution in [0.15, 0.2) is 72.8 Å². The van der Waals surface area contributed by atoms with Gasteiger partial charge in [0.1, 0.15) is 6.04 Å². The van der Waals surface area contributed by atoms with Crippen LogP contribution in [0, 0.1) is 6.92 Å². The van der Waals surface area contributed by atoms with Crippen molar-refractivity contribution in [1.82, 2.24) is 10.2 Å². The fraction of sp³-hybridized carbons (Fsp3) is 0.310. The molecule has 3 aromatic rings. The maximum absolute atomic E-state index is 13.6. The number of hydrogen-bond acceptors (Lipinski definition) is 3. The average molecular weight is 544 g/mol. The molecule has 1 unspecified atom stereocenters. The van der Waals surface area contributed by atoms with E-state index in [-0.39, 0.29) is 17.6 Å². The fourth-order valence-corrected chi connectivity index (χ4v) is 5.45. The Kier molecular flexibility index (Phi) is 11.2. The Morgan fingerprint density at radius 3 is 2.22 bits per heavy atom. The number of nitrogens with zero attached hydrogens (tertiary/aromatic N) is 1. The zero-order valence-corrected chi connectivity index (χ0v) is 23.0. The second kappa shape index (κ2) is 14.3. The molecule has 0 heterocycles. The molecular weight excluding hydrogens is 511 g/mol. The van der Waals surface area contributed by atoms with Crippen molar-refractivity contribution in [2.75, 3.05) is 12.3 Å². The van der Waals surface area contributed by atoms with Crippen molar-refractivity contribution < 1.29 is 9.59 Å². The smallest absolute Gasteiger partial charge is 0.243 e. The molecule has 2 amide bonds. The number of hydrogen-bond donors (Lipinski definition) is 1. The first-order valence-corrected chi connectivity index (χ1v) is 14.0. The van der Waals surface area contributed by atoms with E-state index in [9.17, 15) is 9.59 Å². The zero-order valence-electron chi connectivity index (χ0n) is 20.7. The van der Waals surface area contributed by atoms with Crippen LogP contribution in [0.1, 0.15) is 35.6 Å². The van der Waals surface area contributed by atoms with Crippen LogP contribution >= 0.6 is 35.0 Å². The van der Waals surface area contributed by atoms with Crippen LogP contribution in [0.5, 0.6) is 0 Å². The van der Waals surface area contributed by atoms with E-state index in [0.717, 1.165) is 28.7 Å². The number of rotatable bonds is 12. The van der Waals surface area contributed by atoms with Gasteiger partial charge in [-0.05, 0) is 42.2 Å². The van der Waals surface area contributed by atoms with Crippen LogP contribution in [0.25, 0.3) is 0 Å². The van der Waals surface area contributed by atoms with Gasteiger partial charge in [0.25, 0.3) is 0 Å². The lowest BCUT2D eigenvalue weighted by Gasteiger charge is -2.31. The molecule has 0 spiro atoms. The number of carbonyl (C=O) groups excluding carboxylic acids is 2. The summed E-state index contributed by atoms with van der Waals surface area (Å²) >= 11 is 14.1. The standard InChI is InChI=1S/C29H32Cl2N2O2S/c1-3-16-32-29(35)27(17-22-8-5-4-6-9-22)33(18-23-14-12-21(2)13-15-23)28(34)20-36-19-24-25(30)10-7-11-26(24)31/h4-15,27H,3,16-20H2,1-2H3,(H,32,35). The predicted octanol–water partition coefficient (Wildman–Crippen LogP) is 6.70. The topological polar surface area (TPSA) is 49.4 Å². The molecule has 0 radical (unpaired) electrons. The molecule has 0 saturated heterocycles. The lowest BCUT2D eigenvalue weighted by atomic mass is 10.0. The molecular formula is C29H32Cl2N2O2S. The van der Waals surface area contributed by atoms with Gasteiger partial charge < -0.3 is 10.2 Å². The maximum atomic E-state index is 13.6. The molecule has 3 rings (SSSR count). The molecule has 1 atom stereocenters. The van der Waals surface area contributed by atoms with E-state index < -0.39 is 6.04 Å². The van der Waals surface area contributed by atoms with Gasteiger partial charge >= 0.3 is 0 Å². The van der Waals surface area contributed by atoms with Gasteiger partial charge in [-0.2, -0.15) is 0 Å². The third-order valence-corrected chi connectivity index (χ3v) is 7.48. The molecule has 0 saturated carbocycles. The number of aryl methyl sites for hydroxylation is 1. The number of halogens is 2. The van der Waals surface area contributed by atoms with Crippen molar-refractivity contribution in [1.29, 1.82) is 0 Å². The van der Waals surface area contributed by atoms with Crippen LogP contribution < -0.4 is 5.32 Å². The zero-order chi connectivity index (χ0) is 25.9. The molecule has 0 bridgehead atoms. The fourth-order valence-electron chi connectivity index (χ4n) is 3.80. The number of benzene rings is 3. The van der Waals surface area contributed by atoms with Gasteiger partial charge in [-0.3, -0.25) is 9.59 Å². The second-order valence-corrected chi connectivity index (χ2v) is 10.5. The highest BCUT2D eigenvalue weighted by atomic mass is 35.5. The minimum absolute atomic E-state index is 0.101. The summed E-state index contributed by atoms with van der Waals surface area (Å²) in [5.41, 5.74) is 3.94. The van der Waals surface area contributed by atoms with Crippen molar-refractivity contribution in [2.45, 2.75) is 45.0 Å². The Hall–Kier alpha value is -2.47. The molecule has 36 heavy (non-hydrogen) atoms. The van der Waals surface area contributed by atoms with Crippen LogP contribution in [-0.4, -0.2) is 35.1 Å². The number of nitrogens with one attached hydrogen (secondary N) is 1. The normalized spacial score (nSPS) is 11.7. The Balaban J connectivity index is 1.84. The molecule has 0 fully saturated rings. The quantitative estimate of drug-likeness (QED) is 0.277. The van der Waals surface area contributed by atoms with Crippen molar-refractivity contribution in [2.24, 2.45) is 0 Å². The summed E-state index contributed by atoms with van der Waals surface area (Å²) in [6.07, 6.45) is 1.26. The number of carbonyl (C=O) groups is 2. The summed E-state index contributed by atoms with van der Waals surface area (Å²) < 4.78 is 0. The Bertz CT molecular complexity index is 1120. The van der Waals surface area contributed by atoms with E-state index in [4.69, 9.17) is 23.2 Å². The van der Waals surface area contributed by atoms with Gasteiger partial charge in [0.05, 0.1) is 5.75 Å². The van der Waals surface area contributed by atoms with Gasteiger partial charge in [-0.1, -0.05) is 96.4 Å². The van der Waals surface area contributed by atoms with E-state index in [1.54, 1.807) is 23.1 Å². The van der Waals surface area contributed by atoms with Crippen molar-refractivity contribution >= 4 is 46.8 Å². The molecule has 0 aliphatic carbocycles. The average Bonchev–Trinajstić information content (AvgIpc) is 2.88.